The molecule has 0 atom stereocenters. The number of nitrogens with one attached hydrogen (secondary N) is 3. The lowest BCUT2D eigenvalue weighted by Gasteiger charge is -2.33. The van der Waals surface area contributed by atoms with Gasteiger partial charge in [0.15, 0.2) is 11.6 Å². The highest BCUT2D eigenvalue weighted by molar-refractivity contribution is 5.52. The van der Waals surface area contributed by atoms with Crippen molar-refractivity contribution in [3.05, 3.63) is 18.5 Å². The summed E-state index contributed by atoms with van der Waals surface area (Å²) in [6, 6.07) is 1.30. The number of rotatable bonds is 6. The fraction of sp³-hybridized carbons (Fsp3) is 0.500. The topological polar surface area (TPSA) is 97.0 Å². The average molecular weight is 340 g/mol. The number of halogens is 2. The molecule has 130 valence electrons. The maximum Gasteiger partial charge on any atom is 0.388 e. The monoisotopic (exact) mass is 340 g/mol. The molecule has 2 aromatic rings. The van der Waals surface area contributed by atoms with E-state index in [2.05, 4.69) is 35.5 Å². The molecule has 3 rings (SSSR count). The summed E-state index contributed by atoms with van der Waals surface area (Å²) in [6.45, 7) is 0.905. The molecule has 1 saturated heterocycles. The summed E-state index contributed by atoms with van der Waals surface area (Å²) >= 11 is 0. The molecule has 3 heterocycles. The molecule has 3 N–H and O–H groups in total. The molecule has 8 nitrogen and oxygen atoms in total. The summed E-state index contributed by atoms with van der Waals surface area (Å²) in [4.78, 5) is 8.40. The molecular formula is C14H18F2N6O2. The van der Waals surface area contributed by atoms with Gasteiger partial charge in [0.1, 0.15) is 5.60 Å². The number of alkyl halides is 2. The molecule has 0 aliphatic carbocycles. The van der Waals surface area contributed by atoms with Gasteiger partial charge in [0.2, 0.25) is 11.8 Å². The fourth-order valence-electron chi connectivity index (χ4n) is 2.42. The van der Waals surface area contributed by atoms with E-state index >= 15 is 0 Å². The Balaban J connectivity index is 1.65. The predicted molar refractivity (Wildman–Crippen MR) is 81.7 cm³/mol. The van der Waals surface area contributed by atoms with Crippen LogP contribution in [-0.2, 0) is 0 Å². The third-order valence-electron chi connectivity index (χ3n) is 3.65. The molecule has 10 heteroatoms. The Morgan fingerprint density at radius 2 is 2.04 bits per heavy atom. The van der Waals surface area contributed by atoms with E-state index in [1.54, 1.807) is 0 Å². The van der Waals surface area contributed by atoms with Crippen molar-refractivity contribution in [1.82, 2.24) is 25.5 Å². The first-order valence-electron chi connectivity index (χ1n) is 7.51. The van der Waals surface area contributed by atoms with Crippen molar-refractivity contribution in [2.45, 2.75) is 32.0 Å². The smallest absolute Gasteiger partial charge is 0.388 e. The van der Waals surface area contributed by atoms with Crippen LogP contribution in [0.25, 0.3) is 0 Å². The average Bonchev–Trinajstić information content (AvgIpc) is 2.94. The van der Waals surface area contributed by atoms with Crippen molar-refractivity contribution in [2.24, 2.45) is 0 Å². The van der Waals surface area contributed by atoms with Crippen LogP contribution in [0.15, 0.2) is 18.5 Å². The van der Waals surface area contributed by atoms with E-state index in [9.17, 15) is 8.78 Å². The second kappa shape index (κ2) is 6.95. The van der Waals surface area contributed by atoms with Gasteiger partial charge in [0.25, 0.3) is 0 Å². The van der Waals surface area contributed by atoms with Crippen molar-refractivity contribution < 1.29 is 18.3 Å². The molecular weight excluding hydrogens is 322 g/mol. The molecule has 0 unspecified atom stereocenters. The molecule has 0 spiro atoms. The van der Waals surface area contributed by atoms with E-state index in [0.29, 0.717) is 11.7 Å². The molecule has 0 radical (unpaired) electrons. The SMILES string of the molecule is CC1(Oc2cncc(Nc3cc(OC(F)F)[nH]n3)n2)CCNCC1. The number of piperidine rings is 1. The van der Waals surface area contributed by atoms with Crippen LogP contribution in [0.3, 0.4) is 0 Å². The van der Waals surface area contributed by atoms with Crippen LogP contribution >= 0.6 is 0 Å². The Kier molecular flexibility index (Phi) is 4.74. The van der Waals surface area contributed by atoms with E-state index in [4.69, 9.17) is 4.74 Å². The van der Waals surface area contributed by atoms with Gasteiger partial charge in [-0.1, -0.05) is 0 Å². The summed E-state index contributed by atoms with van der Waals surface area (Å²) in [5.74, 6) is 0.921. The van der Waals surface area contributed by atoms with Gasteiger partial charge in [-0.3, -0.25) is 4.98 Å². The number of ether oxygens (including phenoxy) is 2. The molecule has 1 aliphatic heterocycles. The van der Waals surface area contributed by atoms with Gasteiger partial charge in [-0.15, -0.1) is 0 Å². The first-order valence-corrected chi connectivity index (χ1v) is 7.51. The van der Waals surface area contributed by atoms with Gasteiger partial charge in [-0.2, -0.15) is 18.9 Å². The van der Waals surface area contributed by atoms with Crippen LogP contribution in [0.2, 0.25) is 0 Å². The summed E-state index contributed by atoms with van der Waals surface area (Å²) in [7, 11) is 0. The zero-order chi connectivity index (χ0) is 17.0. The van der Waals surface area contributed by atoms with Crippen LogP contribution in [-0.4, -0.2) is 45.5 Å². The minimum Gasteiger partial charge on any atom is -0.470 e. The number of hydrogen-bond acceptors (Lipinski definition) is 7. The Hall–Kier alpha value is -2.49. The summed E-state index contributed by atoms with van der Waals surface area (Å²) < 4.78 is 34.5. The highest BCUT2D eigenvalue weighted by Crippen LogP contribution is 2.25. The number of hydrogen-bond donors (Lipinski definition) is 3. The van der Waals surface area contributed by atoms with Crippen LogP contribution in [0.5, 0.6) is 11.8 Å². The van der Waals surface area contributed by atoms with Crippen molar-refractivity contribution in [3.8, 4) is 11.8 Å². The lowest BCUT2D eigenvalue weighted by molar-refractivity contribution is -0.0528. The first kappa shape index (κ1) is 16.4. The largest absolute Gasteiger partial charge is 0.470 e. The molecule has 2 aromatic heterocycles. The molecule has 0 aromatic carbocycles. The maximum absolute atomic E-state index is 12.1. The van der Waals surface area contributed by atoms with Crippen molar-refractivity contribution >= 4 is 11.6 Å². The van der Waals surface area contributed by atoms with Gasteiger partial charge in [0.05, 0.1) is 12.4 Å². The number of H-pyrrole nitrogens is 1. The number of nitrogens with zero attached hydrogens (tertiary/aromatic N) is 3. The first-order chi connectivity index (χ1) is 11.5. The van der Waals surface area contributed by atoms with Crippen LogP contribution in [0, 0.1) is 0 Å². The minimum absolute atomic E-state index is 0.143. The quantitative estimate of drug-likeness (QED) is 0.740. The minimum atomic E-state index is -2.92. The molecule has 24 heavy (non-hydrogen) atoms. The zero-order valence-electron chi connectivity index (χ0n) is 13.1. The van der Waals surface area contributed by atoms with E-state index in [0.717, 1.165) is 25.9 Å². The van der Waals surface area contributed by atoms with Gasteiger partial charge in [-0.05, 0) is 32.9 Å². The van der Waals surface area contributed by atoms with Crippen LogP contribution < -0.4 is 20.1 Å². The Bertz CT molecular complexity index is 675. The van der Waals surface area contributed by atoms with Gasteiger partial charge in [-0.25, -0.2) is 5.10 Å². The van der Waals surface area contributed by atoms with E-state index in [-0.39, 0.29) is 17.3 Å². The predicted octanol–water partition coefficient (Wildman–Crippen LogP) is 2.07. The van der Waals surface area contributed by atoms with Gasteiger partial charge < -0.3 is 20.1 Å². The molecule has 0 bridgehead atoms. The Morgan fingerprint density at radius 3 is 2.79 bits per heavy atom. The zero-order valence-corrected chi connectivity index (χ0v) is 13.1. The second-order valence-corrected chi connectivity index (χ2v) is 5.67. The lowest BCUT2D eigenvalue weighted by atomic mass is 9.95. The maximum atomic E-state index is 12.1. The Morgan fingerprint density at radius 1 is 1.25 bits per heavy atom. The summed E-state index contributed by atoms with van der Waals surface area (Å²) in [6.07, 6.45) is 4.77. The normalized spacial score (nSPS) is 16.8. The molecule has 1 fully saturated rings. The van der Waals surface area contributed by atoms with Crippen molar-refractivity contribution in [2.75, 3.05) is 18.4 Å². The van der Waals surface area contributed by atoms with Crippen LogP contribution in [0.4, 0.5) is 20.4 Å². The highest BCUT2D eigenvalue weighted by atomic mass is 19.3. The van der Waals surface area contributed by atoms with Gasteiger partial charge in [0, 0.05) is 6.07 Å². The molecule has 1 aliphatic rings. The second-order valence-electron chi connectivity index (χ2n) is 5.67. The highest BCUT2D eigenvalue weighted by Gasteiger charge is 2.29. The number of aromatic amines is 1. The third-order valence-corrected chi connectivity index (χ3v) is 3.65. The number of aromatic nitrogens is 4. The lowest BCUT2D eigenvalue weighted by Crippen LogP contribution is -2.44. The summed E-state index contributed by atoms with van der Waals surface area (Å²) in [5, 5.41) is 12.3. The van der Waals surface area contributed by atoms with E-state index < -0.39 is 6.61 Å². The standard InChI is InChI=1S/C14H18F2N6O2/c1-14(2-4-17-5-3-14)24-12-8-18-7-10(20-12)19-9-6-11(22-21-9)23-13(15)16/h6-8,13,17H,2-5H2,1H3,(H2,19,20,21,22). The molecule has 0 amide bonds. The summed E-state index contributed by atoms with van der Waals surface area (Å²) in [5.41, 5.74) is -0.289. The van der Waals surface area contributed by atoms with Gasteiger partial charge >= 0.3 is 6.61 Å². The molecule has 0 saturated carbocycles. The van der Waals surface area contributed by atoms with E-state index in [1.807, 2.05) is 6.92 Å². The van der Waals surface area contributed by atoms with Crippen molar-refractivity contribution in [1.29, 1.82) is 0 Å². The Labute approximate surface area is 137 Å². The van der Waals surface area contributed by atoms with E-state index in [1.165, 1.54) is 18.5 Å². The van der Waals surface area contributed by atoms with Crippen molar-refractivity contribution in [3.63, 3.8) is 0 Å². The third kappa shape index (κ3) is 4.28. The fourth-order valence-corrected chi connectivity index (χ4v) is 2.42. The van der Waals surface area contributed by atoms with Crippen LogP contribution in [0.1, 0.15) is 19.8 Å². The number of anilines is 2.